The van der Waals surface area contributed by atoms with Gasteiger partial charge in [-0.15, -0.1) is 0 Å². The zero-order chi connectivity index (χ0) is 13.0. The van der Waals surface area contributed by atoms with Crippen molar-refractivity contribution in [3.8, 4) is 5.75 Å². The third-order valence-corrected chi connectivity index (χ3v) is 3.33. The zero-order valence-electron chi connectivity index (χ0n) is 10.7. The molecule has 0 heterocycles. The Balaban J connectivity index is 2.31. The highest BCUT2D eigenvalue weighted by Crippen LogP contribution is 2.36. The highest BCUT2D eigenvalue weighted by atomic mass is 35.5. The van der Waals surface area contributed by atoms with Crippen LogP contribution in [-0.4, -0.2) is 20.3 Å². The number of ether oxygens (including phenoxy) is 2. The fraction of sp³-hybridized carbons (Fsp3) is 0.333. The Morgan fingerprint density at radius 3 is 2.72 bits per heavy atom. The van der Waals surface area contributed by atoms with Crippen molar-refractivity contribution in [3.05, 3.63) is 40.9 Å². The van der Waals surface area contributed by atoms with Gasteiger partial charge >= 0.3 is 0 Å². The molecule has 0 aliphatic carbocycles. The zero-order valence-corrected chi connectivity index (χ0v) is 11.5. The molecule has 0 aliphatic heterocycles. The van der Waals surface area contributed by atoms with E-state index < -0.39 is 0 Å². The van der Waals surface area contributed by atoms with Crippen LogP contribution < -0.4 is 4.74 Å². The van der Waals surface area contributed by atoms with Crippen LogP contribution in [-0.2, 0) is 4.74 Å². The smallest absolute Gasteiger partial charge is 0.145 e. The first-order valence-corrected chi connectivity index (χ1v) is 6.41. The molecule has 2 aromatic carbocycles. The van der Waals surface area contributed by atoms with E-state index >= 15 is 0 Å². The summed E-state index contributed by atoms with van der Waals surface area (Å²) in [5.41, 5.74) is 1.04. The molecule has 0 aliphatic rings. The van der Waals surface area contributed by atoms with Gasteiger partial charge in [0.2, 0.25) is 0 Å². The highest BCUT2D eigenvalue weighted by Gasteiger charge is 2.10. The second-order valence-electron chi connectivity index (χ2n) is 4.25. The number of halogens is 1. The van der Waals surface area contributed by atoms with Crippen molar-refractivity contribution in [1.82, 2.24) is 0 Å². The largest absolute Gasteiger partial charge is 0.491 e. The van der Waals surface area contributed by atoms with Crippen molar-refractivity contribution >= 4 is 22.4 Å². The van der Waals surface area contributed by atoms with Gasteiger partial charge < -0.3 is 9.47 Å². The van der Waals surface area contributed by atoms with E-state index in [0.717, 1.165) is 28.5 Å². The molecule has 2 rings (SSSR count). The normalized spacial score (nSPS) is 10.8. The van der Waals surface area contributed by atoms with Crippen molar-refractivity contribution in [2.45, 2.75) is 13.3 Å². The van der Waals surface area contributed by atoms with E-state index in [1.165, 1.54) is 0 Å². The Kier molecular flexibility index (Phi) is 4.45. The summed E-state index contributed by atoms with van der Waals surface area (Å²) in [6.45, 7) is 3.30. The van der Waals surface area contributed by atoms with Crippen LogP contribution in [0.25, 0.3) is 10.8 Å². The van der Waals surface area contributed by atoms with Gasteiger partial charge in [-0.25, -0.2) is 0 Å². The number of hydrogen-bond acceptors (Lipinski definition) is 2. The molecular weight excluding hydrogens is 248 g/mol. The monoisotopic (exact) mass is 264 g/mol. The molecule has 96 valence electrons. The lowest BCUT2D eigenvalue weighted by molar-refractivity contribution is 0.172. The van der Waals surface area contributed by atoms with E-state index in [9.17, 15) is 0 Å². The van der Waals surface area contributed by atoms with E-state index in [2.05, 4.69) is 12.1 Å². The molecule has 2 aromatic rings. The molecular formula is C15H17ClO2. The van der Waals surface area contributed by atoms with Crippen LogP contribution in [0, 0.1) is 6.92 Å². The van der Waals surface area contributed by atoms with Crippen LogP contribution in [0.1, 0.15) is 12.0 Å². The molecule has 3 heteroatoms. The first-order valence-electron chi connectivity index (χ1n) is 6.03. The predicted octanol–water partition coefficient (Wildman–Crippen LogP) is 4.22. The van der Waals surface area contributed by atoms with Crippen molar-refractivity contribution in [2.24, 2.45) is 0 Å². The molecule has 2 nitrogen and oxygen atoms in total. The molecule has 18 heavy (non-hydrogen) atoms. The Morgan fingerprint density at radius 1 is 1.17 bits per heavy atom. The van der Waals surface area contributed by atoms with Gasteiger partial charge in [0.1, 0.15) is 5.75 Å². The van der Waals surface area contributed by atoms with Gasteiger partial charge in [-0.2, -0.15) is 0 Å². The van der Waals surface area contributed by atoms with Crippen molar-refractivity contribution < 1.29 is 9.47 Å². The maximum atomic E-state index is 6.33. The van der Waals surface area contributed by atoms with Crippen LogP contribution in [0.15, 0.2) is 30.3 Å². The summed E-state index contributed by atoms with van der Waals surface area (Å²) in [6, 6.07) is 10.2. The minimum absolute atomic E-state index is 0.612. The molecule has 0 amide bonds. The van der Waals surface area contributed by atoms with Crippen molar-refractivity contribution in [3.63, 3.8) is 0 Å². The molecule has 0 saturated heterocycles. The summed E-state index contributed by atoms with van der Waals surface area (Å²) in [5, 5.41) is 2.91. The first kappa shape index (κ1) is 13.2. The number of hydrogen-bond donors (Lipinski definition) is 0. The summed E-state index contributed by atoms with van der Waals surface area (Å²) in [4.78, 5) is 0. The number of aryl methyl sites for hydroxylation is 1. The second-order valence-corrected chi connectivity index (χ2v) is 4.63. The minimum atomic E-state index is 0.612. The van der Waals surface area contributed by atoms with Crippen LogP contribution >= 0.6 is 11.6 Å². The fourth-order valence-electron chi connectivity index (χ4n) is 1.94. The topological polar surface area (TPSA) is 18.5 Å². The van der Waals surface area contributed by atoms with Gasteiger partial charge in [0.15, 0.2) is 0 Å². The fourth-order valence-corrected chi connectivity index (χ4v) is 2.15. The Bertz CT molecular complexity index is 537. The van der Waals surface area contributed by atoms with Gasteiger partial charge in [0, 0.05) is 25.5 Å². The van der Waals surface area contributed by atoms with Gasteiger partial charge in [-0.3, -0.25) is 0 Å². The predicted molar refractivity (Wildman–Crippen MR) is 75.7 cm³/mol. The maximum Gasteiger partial charge on any atom is 0.145 e. The summed E-state index contributed by atoms with van der Waals surface area (Å²) in [5.74, 6) is 0.781. The van der Waals surface area contributed by atoms with E-state index in [4.69, 9.17) is 21.1 Å². The lowest BCUT2D eigenvalue weighted by Gasteiger charge is -2.13. The van der Waals surface area contributed by atoms with Crippen molar-refractivity contribution in [2.75, 3.05) is 20.3 Å². The van der Waals surface area contributed by atoms with Crippen LogP contribution in [0.3, 0.4) is 0 Å². The van der Waals surface area contributed by atoms with E-state index in [1.807, 2.05) is 25.1 Å². The molecule has 0 aromatic heterocycles. The molecule has 0 fully saturated rings. The first-order chi connectivity index (χ1) is 8.74. The molecule has 0 radical (unpaired) electrons. The van der Waals surface area contributed by atoms with Gasteiger partial charge in [0.25, 0.3) is 0 Å². The molecule has 0 unspecified atom stereocenters. The number of benzene rings is 2. The Labute approximate surface area is 112 Å². The van der Waals surface area contributed by atoms with Crippen LogP contribution in [0.4, 0.5) is 0 Å². The van der Waals surface area contributed by atoms with Crippen molar-refractivity contribution in [1.29, 1.82) is 0 Å². The standard InChI is InChI=1S/C15H17ClO2/c1-11-10-12-6-3-4-7-13(12)15(14(11)16)18-9-5-8-17-2/h3-4,6-7,10H,5,8-9H2,1-2H3. The third kappa shape index (κ3) is 2.77. The highest BCUT2D eigenvalue weighted by molar-refractivity contribution is 6.34. The average molecular weight is 265 g/mol. The maximum absolute atomic E-state index is 6.33. The third-order valence-electron chi connectivity index (χ3n) is 2.86. The van der Waals surface area contributed by atoms with Crippen LogP contribution in [0.2, 0.25) is 5.02 Å². The van der Waals surface area contributed by atoms with Gasteiger partial charge in [-0.05, 0) is 23.9 Å². The Hall–Kier alpha value is -1.25. The number of methoxy groups -OCH3 is 1. The molecule has 0 saturated carbocycles. The lowest BCUT2D eigenvalue weighted by Crippen LogP contribution is -2.02. The summed E-state index contributed by atoms with van der Waals surface area (Å²) in [7, 11) is 1.69. The molecule has 0 bridgehead atoms. The summed E-state index contributed by atoms with van der Waals surface area (Å²) in [6.07, 6.45) is 0.856. The molecule has 0 atom stereocenters. The van der Waals surface area contributed by atoms with Crippen LogP contribution in [0.5, 0.6) is 5.75 Å². The van der Waals surface area contributed by atoms with E-state index in [-0.39, 0.29) is 0 Å². The number of fused-ring (bicyclic) bond motifs is 1. The second kappa shape index (κ2) is 6.07. The SMILES string of the molecule is COCCCOc1c(Cl)c(C)cc2ccccc12. The average Bonchev–Trinajstić information content (AvgIpc) is 2.38. The summed E-state index contributed by atoms with van der Waals surface area (Å²) >= 11 is 6.33. The van der Waals surface area contributed by atoms with E-state index in [1.54, 1.807) is 7.11 Å². The quantitative estimate of drug-likeness (QED) is 0.753. The summed E-state index contributed by atoms with van der Waals surface area (Å²) < 4.78 is 10.8. The van der Waals surface area contributed by atoms with E-state index in [0.29, 0.717) is 18.2 Å². The number of rotatable bonds is 5. The van der Waals surface area contributed by atoms with Gasteiger partial charge in [-0.1, -0.05) is 35.9 Å². The minimum Gasteiger partial charge on any atom is -0.491 e. The lowest BCUT2D eigenvalue weighted by atomic mass is 10.1. The molecule has 0 N–H and O–H groups in total. The van der Waals surface area contributed by atoms with Gasteiger partial charge in [0.05, 0.1) is 11.6 Å². The molecule has 0 spiro atoms. The Morgan fingerprint density at radius 2 is 1.94 bits per heavy atom.